The second-order valence-corrected chi connectivity index (χ2v) is 5.29. The molecule has 0 aromatic rings. The second-order valence-electron chi connectivity index (χ2n) is 3.74. The van der Waals surface area contributed by atoms with Crippen LogP contribution in [0.2, 0.25) is 0 Å². The summed E-state index contributed by atoms with van der Waals surface area (Å²) in [7, 11) is 1.42. The summed E-state index contributed by atoms with van der Waals surface area (Å²) in [5, 5.41) is 3.26. The molecule has 0 aromatic heterocycles. The van der Waals surface area contributed by atoms with Gasteiger partial charge in [-0.25, -0.2) is 0 Å². The van der Waals surface area contributed by atoms with Gasteiger partial charge in [-0.15, -0.1) is 0 Å². The molecule has 84 valence electrons. The van der Waals surface area contributed by atoms with Crippen LogP contribution in [-0.4, -0.2) is 67.1 Å². The minimum atomic E-state index is -0.693. The van der Waals surface area contributed by atoms with E-state index in [9.17, 15) is 4.21 Å². The van der Waals surface area contributed by atoms with E-state index in [0.717, 1.165) is 38.5 Å². The highest BCUT2D eigenvalue weighted by molar-refractivity contribution is 7.84. The summed E-state index contributed by atoms with van der Waals surface area (Å²) in [5.41, 5.74) is 0. The molecule has 14 heavy (non-hydrogen) atoms. The Kier molecular flexibility index (Phi) is 5.62. The van der Waals surface area contributed by atoms with Gasteiger partial charge in [0.25, 0.3) is 0 Å². The lowest BCUT2D eigenvalue weighted by Gasteiger charge is -2.30. The first-order chi connectivity index (χ1) is 6.68. The zero-order chi connectivity index (χ0) is 10.4. The molecule has 1 N–H and O–H groups in total. The van der Waals surface area contributed by atoms with Crippen molar-refractivity contribution in [3.8, 4) is 0 Å². The number of hydrogen-bond donors (Lipinski definition) is 1. The van der Waals surface area contributed by atoms with Gasteiger partial charge in [0.1, 0.15) is 0 Å². The highest BCUT2D eigenvalue weighted by Gasteiger charge is 2.16. The minimum absolute atomic E-state index is 0.291. The number of ether oxygens (including phenoxy) is 1. The molecule has 0 bridgehead atoms. The van der Waals surface area contributed by atoms with Crippen molar-refractivity contribution in [1.82, 2.24) is 10.2 Å². The molecule has 1 heterocycles. The lowest BCUT2D eigenvalue weighted by molar-refractivity contribution is -0.0178. The summed E-state index contributed by atoms with van der Waals surface area (Å²) in [5.74, 6) is 0.725. The average molecular weight is 220 g/mol. The van der Waals surface area contributed by atoms with Gasteiger partial charge >= 0.3 is 0 Å². The Hall–Kier alpha value is 0.0300. The van der Waals surface area contributed by atoms with Crippen LogP contribution in [0.5, 0.6) is 0 Å². The Bertz CT molecular complexity index is 190. The number of nitrogens with one attached hydrogen (secondary N) is 1. The van der Waals surface area contributed by atoms with Crippen molar-refractivity contribution in [2.24, 2.45) is 0 Å². The molecule has 1 aliphatic heterocycles. The van der Waals surface area contributed by atoms with E-state index in [-0.39, 0.29) is 0 Å². The number of hydrogen-bond acceptors (Lipinski definition) is 4. The Morgan fingerprint density at radius 1 is 1.64 bits per heavy atom. The Morgan fingerprint density at radius 2 is 2.43 bits per heavy atom. The normalized spacial score (nSPS) is 26.3. The van der Waals surface area contributed by atoms with E-state index in [1.54, 1.807) is 6.26 Å². The molecule has 0 amide bonds. The van der Waals surface area contributed by atoms with Crippen LogP contribution < -0.4 is 5.32 Å². The third kappa shape index (κ3) is 5.05. The molecule has 2 atom stereocenters. The molecule has 5 heteroatoms. The lowest BCUT2D eigenvalue weighted by atomic mass is 10.3. The molecule has 1 rings (SSSR count). The predicted octanol–water partition coefficient (Wildman–Crippen LogP) is -0.715. The summed E-state index contributed by atoms with van der Waals surface area (Å²) >= 11 is 0. The second kappa shape index (κ2) is 6.50. The third-order valence-electron chi connectivity index (χ3n) is 2.28. The van der Waals surface area contributed by atoms with Gasteiger partial charge in [0.05, 0.1) is 12.7 Å². The van der Waals surface area contributed by atoms with Crippen LogP contribution in [0.4, 0.5) is 0 Å². The number of morpholine rings is 1. The molecule has 0 radical (unpaired) electrons. The smallest absolute Gasteiger partial charge is 0.0826 e. The first-order valence-electron chi connectivity index (χ1n) is 4.99. The molecular formula is C9H20N2O2S. The van der Waals surface area contributed by atoms with Gasteiger partial charge in [-0.3, -0.25) is 4.21 Å². The zero-order valence-corrected chi connectivity index (χ0v) is 9.81. The van der Waals surface area contributed by atoms with E-state index < -0.39 is 10.8 Å². The largest absolute Gasteiger partial charge is 0.374 e. The third-order valence-corrected chi connectivity index (χ3v) is 3.06. The van der Waals surface area contributed by atoms with Gasteiger partial charge in [0.2, 0.25) is 0 Å². The maximum Gasteiger partial charge on any atom is 0.0826 e. The van der Waals surface area contributed by atoms with Crippen molar-refractivity contribution in [3.05, 3.63) is 0 Å². The van der Waals surface area contributed by atoms with Crippen molar-refractivity contribution in [2.45, 2.75) is 6.10 Å². The van der Waals surface area contributed by atoms with Crippen LogP contribution in [0.15, 0.2) is 0 Å². The van der Waals surface area contributed by atoms with E-state index in [1.807, 2.05) is 0 Å². The number of rotatable bonds is 5. The molecule has 0 spiro atoms. The van der Waals surface area contributed by atoms with E-state index in [0.29, 0.717) is 6.10 Å². The van der Waals surface area contributed by atoms with Crippen LogP contribution in [0.3, 0.4) is 0 Å². The SMILES string of the molecule is CN1CCOC(CNCCS(C)=O)C1. The van der Waals surface area contributed by atoms with Crippen LogP contribution in [0.25, 0.3) is 0 Å². The van der Waals surface area contributed by atoms with Gasteiger partial charge in [0.15, 0.2) is 0 Å². The van der Waals surface area contributed by atoms with Crippen molar-refractivity contribution in [2.75, 3.05) is 51.8 Å². The molecule has 1 aliphatic rings. The van der Waals surface area contributed by atoms with Gasteiger partial charge in [-0.2, -0.15) is 0 Å². The van der Waals surface area contributed by atoms with Gasteiger partial charge < -0.3 is 15.0 Å². The van der Waals surface area contributed by atoms with Crippen LogP contribution in [0, 0.1) is 0 Å². The highest BCUT2D eigenvalue weighted by Crippen LogP contribution is 2.01. The summed E-state index contributed by atoms with van der Waals surface area (Å²) in [6.45, 7) is 4.51. The van der Waals surface area contributed by atoms with E-state index in [4.69, 9.17) is 4.74 Å². The first kappa shape index (κ1) is 12.1. The summed E-state index contributed by atoms with van der Waals surface area (Å²) in [4.78, 5) is 2.27. The fourth-order valence-electron chi connectivity index (χ4n) is 1.47. The van der Waals surface area contributed by atoms with Crippen LogP contribution in [0.1, 0.15) is 0 Å². The number of likely N-dealkylation sites (N-methyl/N-ethyl adjacent to an activating group) is 1. The molecule has 1 saturated heterocycles. The van der Waals surface area contributed by atoms with Crippen LogP contribution in [-0.2, 0) is 15.5 Å². The average Bonchev–Trinajstić information content (AvgIpc) is 2.12. The van der Waals surface area contributed by atoms with Gasteiger partial charge in [-0.1, -0.05) is 0 Å². The summed E-state index contributed by atoms with van der Waals surface area (Å²) < 4.78 is 16.4. The Morgan fingerprint density at radius 3 is 3.07 bits per heavy atom. The molecule has 2 unspecified atom stereocenters. The van der Waals surface area contributed by atoms with Crippen molar-refractivity contribution >= 4 is 10.8 Å². The van der Waals surface area contributed by atoms with E-state index >= 15 is 0 Å². The minimum Gasteiger partial charge on any atom is -0.374 e. The molecule has 1 fully saturated rings. The molecule has 0 aliphatic carbocycles. The first-order valence-corrected chi connectivity index (χ1v) is 6.72. The van der Waals surface area contributed by atoms with E-state index in [2.05, 4.69) is 17.3 Å². The summed E-state index contributed by atoms with van der Waals surface area (Å²) in [6, 6.07) is 0. The highest BCUT2D eigenvalue weighted by atomic mass is 32.2. The van der Waals surface area contributed by atoms with Crippen LogP contribution >= 0.6 is 0 Å². The molecule has 0 aromatic carbocycles. The van der Waals surface area contributed by atoms with E-state index in [1.165, 1.54) is 0 Å². The Labute approximate surface area is 88.5 Å². The fourth-order valence-corrected chi connectivity index (χ4v) is 1.90. The van der Waals surface area contributed by atoms with Crippen molar-refractivity contribution in [1.29, 1.82) is 0 Å². The Balaban J connectivity index is 2.03. The molecule has 0 saturated carbocycles. The standard InChI is InChI=1S/C9H20N2O2S/c1-11-4-5-13-9(8-11)7-10-3-6-14(2)12/h9-10H,3-8H2,1-2H3. The quantitative estimate of drug-likeness (QED) is 0.621. The molecule has 4 nitrogen and oxygen atoms in total. The van der Waals surface area contributed by atoms with Crippen molar-refractivity contribution < 1.29 is 8.95 Å². The van der Waals surface area contributed by atoms with Gasteiger partial charge in [-0.05, 0) is 7.05 Å². The summed E-state index contributed by atoms with van der Waals surface area (Å²) in [6.07, 6.45) is 2.02. The maximum atomic E-state index is 10.8. The monoisotopic (exact) mass is 220 g/mol. The fraction of sp³-hybridized carbons (Fsp3) is 1.00. The predicted molar refractivity (Wildman–Crippen MR) is 59.0 cm³/mol. The maximum absolute atomic E-state index is 10.8. The zero-order valence-electron chi connectivity index (χ0n) is 8.99. The van der Waals surface area contributed by atoms with Gasteiger partial charge in [0, 0.05) is 49.0 Å². The lowest BCUT2D eigenvalue weighted by Crippen LogP contribution is -2.45. The number of nitrogens with zero attached hydrogens (tertiary/aromatic N) is 1. The van der Waals surface area contributed by atoms with Crippen molar-refractivity contribution in [3.63, 3.8) is 0 Å². The molecular weight excluding hydrogens is 200 g/mol. The topological polar surface area (TPSA) is 41.6 Å².